The zero-order chi connectivity index (χ0) is 17.1. The molecule has 0 aliphatic carbocycles. The van der Waals surface area contributed by atoms with Crippen molar-refractivity contribution in [3.8, 4) is 0 Å². The summed E-state index contributed by atoms with van der Waals surface area (Å²) in [4.78, 5) is 17.5. The van der Waals surface area contributed by atoms with Crippen LogP contribution in [0, 0.1) is 6.92 Å². The smallest absolute Gasteiger partial charge is 0.238 e. The van der Waals surface area contributed by atoms with Gasteiger partial charge in [0.15, 0.2) is 0 Å². The van der Waals surface area contributed by atoms with Crippen molar-refractivity contribution in [2.24, 2.45) is 0 Å². The Morgan fingerprint density at radius 1 is 1.25 bits per heavy atom. The molecule has 3 heterocycles. The topological polar surface area (TPSA) is 53.4 Å². The molecule has 6 nitrogen and oxygen atoms in total. The number of hydrogen-bond donors (Lipinski definition) is 1. The van der Waals surface area contributed by atoms with E-state index in [1.807, 2.05) is 17.8 Å². The maximum atomic E-state index is 12.6. The summed E-state index contributed by atoms with van der Waals surface area (Å²) in [7, 11) is 2.25. The Morgan fingerprint density at radius 2 is 2.04 bits per heavy atom. The molecule has 1 aromatic rings. The number of likely N-dealkylation sites (tertiary alicyclic amines) is 2. The van der Waals surface area contributed by atoms with E-state index in [1.165, 1.54) is 38.6 Å². The largest absolute Gasteiger partial charge is 0.322 e. The summed E-state index contributed by atoms with van der Waals surface area (Å²) in [5.41, 5.74) is 1.73. The highest BCUT2D eigenvalue weighted by molar-refractivity contribution is 5.92. The van der Waals surface area contributed by atoms with E-state index in [0.717, 1.165) is 24.5 Å². The number of nitrogens with zero attached hydrogens (tertiary/aromatic N) is 4. The number of likely N-dealkylation sites (N-methyl/N-ethyl adjacent to an activating group) is 1. The van der Waals surface area contributed by atoms with Crippen LogP contribution < -0.4 is 5.32 Å². The first-order valence-corrected chi connectivity index (χ1v) is 9.36. The minimum absolute atomic E-state index is 0.0845. The van der Waals surface area contributed by atoms with Crippen molar-refractivity contribution in [3.63, 3.8) is 0 Å². The van der Waals surface area contributed by atoms with Crippen LogP contribution in [0.2, 0.25) is 0 Å². The molecule has 0 bridgehead atoms. The summed E-state index contributed by atoms with van der Waals surface area (Å²) < 4.78 is 1.86. The number of anilines is 1. The third-order valence-electron chi connectivity index (χ3n) is 5.58. The molecule has 24 heavy (non-hydrogen) atoms. The van der Waals surface area contributed by atoms with E-state index in [4.69, 9.17) is 0 Å². The fraction of sp³-hybridized carbons (Fsp3) is 0.778. The van der Waals surface area contributed by atoms with Crippen molar-refractivity contribution in [2.45, 2.75) is 64.6 Å². The molecule has 1 amide bonds. The maximum absolute atomic E-state index is 12.6. The van der Waals surface area contributed by atoms with Crippen molar-refractivity contribution < 1.29 is 4.79 Å². The summed E-state index contributed by atoms with van der Waals surface area (Å²) in [5, 5.41) is 7.46. The quantitative estimate of drug-likeness (QED) is 0.917. The molecule has 0 spiro atoms. The summed E-state index contributed by atoms with van der Waals surface area (Å²) in [5.74, 6) is 0.0845. The Hall–Kier alpha value is -1.40. The molecule has 1 aromatic heterocycles. The second-order valence-corrected chi connectivity index (χ2v) is 7.26. The Labute approximate surface area is 145 Å². The number of carbonyl (C=O) groups excluding carboxylic acids is 1. The van der Waals surface area contributed by atoms with Crippen LogP contribution in [0.4, 0.5) is 5.69 Å². The highest BCUT2D eigenvalue weighted by atomic mass is 16.2. The van der Waals surface area contributed by atoms with E-state index < -0.39 is 0 Å². The number of piperidine rings is 1. The van der Waals surface area contributed by atoms with Gasteiger partial charge in [-0.2, -0.15) is 5.10 Å². The van der Waals surface area contributed by atoms with Crippen LogP contribution in [-0.4, -0.2) is 64.3 Å². The number of fused-ring (bicyclic) bond motifs is 1. The third-order valence-corrected chi connectivity index (χ3v) is 5.58. The van der Waals surface area contributed by atoms with E-state index in [2.05, 4.69) is 34.2 Å². The lowest BCUT2D eigenvalue weighted by Gasteiger charge is -2.43. The summed E-state index contributed by atoms with van der Waals surface area (Å²) >= 11 is 0. The second kappa shape index (κ2) is 7.66. The van der Waals surface area contributed by atoms with Crippen molar-refractivity contribution in [1.29, 1.82) is 0 Å². The first kappa shape index (κ1) is 17.4. The van der Waals surface area contributed by atoms with Crippen LogP contribution in [0.15, 0.2) is 6.20 Å². The van der Waals surface area contributed by atoms with Gasteiger partial charge in [0.1, 0.15) is 0 Å². The van der Waals surface area contributed by atoms with Gasteiger partial charge in [0, 0.05) is 24.8 Å². The average molecular weight is 333 g/mol. The fourth-order valence-corrected chi connectivity index (χ4v) is 4.25. The molecule has 2 aliphatic heterocycles. The Kier molecular flexibility index (Phi) is 5.56. The van der Waals surface area contributed by atoms with Crippen molar-refractivity contribution in [2.75, 3.05) is 32.0 Å². The molecule has 6 heteroatoms. The standard InChI is InChI=1S/C18H31N5O/c1-4-23-12-15(14(2)20-23)19-18(24)13-22-11-7-9-16-17(22)8-5-6-10-21(16)3/h12,16-17H,4-11,13H2,1-3H3,(H,19,24)/t16-,17-/m1/s1. The van der Waals surface area contributed by atoms with E-state index in [1.54, 1.807) is 0 Å². The van der Waals surface area contributed by atoms with Crippen LogP contribution in [0.3, 0.4) is 0 Å². The van der Waals surface area contributed by atoms with Gasteiger partial charge in [0.05, 0.1) is 17.9 Å². The van der Waals surface area contributed by atoms with Crippen molar-refractivity contribution in [1.82, 2.24) is 19.6 Å². The van der Waals surface area contributed by atoms with Crippen molar-refractivity contribution >= 4 is 11.6 Å². The van der Waals surface area contributed by atoms with Crippen LogP contribution in [0.5, 0.6) is 0 Å². The first-order valence-electron chi connectivity index (χ1n) is 9.36. The minimum Gasteiger partial charge on any atom is -0.322 e. The van der Waals surface area contributed by atoms with Crippen LogP contribution in [0.25, 0.3) is 0 Å². The number of nitrogens with one attached hydrogen (secondary N) is 1. The average Bonchev–Trinajstić information content (AvgIpc) is 2.80. The lowest BCUT2D eigenvalue weighted by molar-refractivity contribution is -0.118. The van der Waals surface area contributed by atoms with Gasteiger partial charge in [-0.1, -0.05) is 6.42 Å². The molecule has 2 aliphatic rings. The number of carbonyl (C=O) groups is 1. The van der Waals surface area contributed by atoms with Gasteiger partial charge in [0.25, 0.3) is 0 Å². The molecule has 2 atom stereocenters. The third kappa shape index (κ3) is 3.81. The molecule has 3 rings (SSSR count). The van der Waals surface area contributed by atoms with Crippen molar-refractivity contribution in [3.05, 3.63) is 11.9 Å². The molecule has 0 aromatic carbocycles. The van der Waals surface area contributed by atoms with Crippen LogP contribution in [0.1, 0.15) is 44.7 Å². The molecule has 0 unspecified atom stereocenters. The van der Waals surface area contributed by atoms with Gasteiger partial charge in [-0.3, -0.25) is 14.4 Å². The zero-order valence-electron chi connectivity index (χ0n) is 15.3. The summed E-state index contributed by atoms with van der Waals surface area (Å²) in [6.45, 7) is 7.53. The Balaban J connectivity index is 1.63. The van der Waals surface area contributed by atoms with E-state index in [-0.39, 0.29) is 5.91 Å². The first-order chi connectivity index (χ1) is 11.6. The van der Waals surface area contributed by atoms with E-state index in [0.29, 0.717) is 18.6 Å². The summed E-state index contributed by atoms with van der Waals surface area (Å²) in [6, 6.07) is 1.13. The summed E-state index contributed by atoms with van der Waals surface area (Å²) in [6.07, 6.45) is 8.14. The van der Waals surface area contributed by atoms with E-state index >= 15 is 0 Å². The predicted octanol–water partition coefficient (Wildman–Crippen LogP) is 2.10. The lowest BCUT2D eigenvalue weighted by Crippen LogP contribution is -2.55. The molecular weight excluding hydrogens is 302 g/mol. The van der Waals surface area contributed by atoms with Gasteiger partial charge in [-0.05, 0) is 59.7 Å². The number of rotatable bonds is 4. The number of amides is 1. The van der Waals surface area contributed by atoms with E-state index in [9.17, 15) is 4.79 Å². The van der Waals surface area contributed by atoms with Gasteiger partial charge in [0.2, 0.25) is 5.91 Å². The highest BCUT2D eigenvalue weighted by Crippen LogP contribution is 2.28. The highest BCUT2D eigenvalue weighted by Gasteiger charge is 2.35. The van der Waals surface area contributed by atoms with Gasteiger partial charge in [-0.25, -0.2) is 0 Å². The normalized spacial score (nSPS) is 26.0. The Bertz CT molecular complexity index is 570. The zero-order valence-corrected chi connectivity index (χ0v) is 15.3. The lowest BCUT2D eigenvalue weighted by atomic mass is 9.92. The molecule has 1 N–H and O–H groups in total. The second-order valence-electron chi connectivity index (χ2n) is 7.26. The van der Waals surface area contributed by atoms with Gasteiger partial charge >= 0.3 is 0 Å². The predicted molar refractivity (Wildman–Crippen MR) is 96.1 cm³/mol. The van der Waals surface area contributed by atoms with Gasteiger partial charge < -0.3 is 10.2 Å². The molecule has 0 radical (unpaired) electrons. The minimum atomic E-state index is 0.0845. The SMILES string of the molecule is CCn1cc(NC(=O)CN2CCC[C@@H]3[C@H]2CCCCN3C)c(C)n1. The Morgan fingerprint density at radius 3 is 2.79 bits per heavy atom. The molecule has 134 valence electrons. The number of hydrogen-bond acceptors (Lipinski definition) is 4. The molecule has 0 saturated carbocycles. The number of aryl methyl sites for hydroxylation is 2. The van der Waals surface area contributed by atoms with Gasteiger partial charge in [-0.15, -0.1) is 0 Å². The van der Waals surface area contributed by atoms with Crippen LogP contribution in [-0.2, 0) is 11.3 Å². The van der Waals surface area contributed by atoms with Crippen LogP contribution >= 0.6 is 0 Å². The molecule has 2 saturated heterocycles. The fourth-order valence-electron chi connectivity index (χ4n) is 4.25. The number of aromatic nitrogens is 2. The monoisotopic (exact) mass is 333 g/mol. The maximum Gasteiger partial charge on any atom is 0.238 e. The molecule has 2 fully saturated rings. The molecular formula is C18H31N5O.